The van der Waals surface area contributed by atoms with Crippen LogP contribution >= 0.6 is 15.9 Å². The van der Waals surface area contributed by atoms with E-state index in [0.29, 0.717) is 11.4 Å². The quantitative estimate of drug-likeness (QED) is 0.840. The number of anilines is 2. The van der Waals surface area contributed by atoms with Gasteiger partial charge >= 0.3 is 0 Å². The molecule has 4 nitrogen and oxygen atoms in total. The molecular formula is C17H19BrN2O2. The first kappa shape index (κ1) is 16.4. The second-order valence-electron chi connectivity index (χ2n) is 5.07. The molecule has 0 aliphatic carbocycles. The van der Waals surface area contributed by atoms with Crippen molar-refractivity contribution in [3.63, 3.8) is 0 Å². The number of aryl methyl sites for hydroxylation is 2. The second-order valence-corrected chi connectivity index (χ2v) is 5.92. The molecule has 0 fully saturated rings. The zero-order chi connectivity index (χ0) is 16.1. The van der Waals surface area contributed by atoms with Crippen LogP contribution in [0, 0.1) is 13.8 Å². The Morgan fingerprint density at radius 2 is 1.95 bits per heavy atom. The minimum Gasteiger partial charge on any atom is -0.495 e. The van der Waals surface area contributed by atoms with E-state index >= 15 is 0 Å². The normalized spacial score (nSPS) is 10.2. The minimum absolute atomic E-state index is 0.121. The summed E-state index contributed by atoms with van der Waals surface area (Å²) in [6.07, 6.45) is 0. The molecule has 116 valence electrons. The Morgan fingerprint density at radius 1 is 1.18 bits per heavy atom. The highest BCUT2D eigenvalue weighted by atomic mass is 79.9. The maximum Gasteiger partial charge on any atom is 0.243 e. The first-order chi connectivity index (χ1) is 10.5. The first-order valence-corrected chi connectivity index (χ1v) is 7.73. The van der Waals surface area contributed by atoms with Crippen molar-refractivity contribution in [3.8, 4) is 5.75 Å². The Kier molecular flexibility index (Phi) is 5.44. The van der Waals surface area contributed by atoms with Crippen LogP contribution in [0.25, 0.3) is 0 Å². The highest BCUT2D eigenvalue weighted by Crippen LogP contribution is 2.25. The number of carbonyl (C=O) groups excluding carboxylic acids is 1. The SMILES string of the molecule is COc1ccc(C)cc1NC(=O)CNc1ccc(Br)c(C)c1. The summed E-state index contributed by atoms with van der Waals surface area (Å²) in [7, 11) is 1.59. The van der Waals surface area contributed by atoms with Crippen LogP contribution in [0.15, 0.2) is 40.9 Å². The average Bonchev–Trinajstić information content (AvgIpc) is 2.49. The van der Waals surface area contributed by atoms with Gasteiger partial charge in [-0.05, 0) is 55.3 Å². The van der Waals surface area contributed by atoms with E-state index < -0.39 is 0 Å². The van der Waals surface area contributed by atoms with Crippen LogP contribution in [-0.4, -0.2) is 19.6 Å². The van der Waals surface area contributed by atoms with Crippen molar-refractivity contribution in [2.75, 3.05) is 24.3 Å². The van der Waals surface area contributed by atoms with Crippen LogP contribution in [0.4, 0.5) is 11.4 Å². The third-order valence-electron chi connectivity index (χ3n) is 3.24. The van der Waals surface area contributed by atoms with Crippen molar-refractivity contribution in [1.29, 1.82) is 0 Å². The maximum absolute atomic E-state index is 12.1. The fourth-order valence-corrected chi connectivity index (χ4v) is 2.30. The van der Waals surface area contributed by atoms with Crippen LogP contribution in [0.5, 0.6) is 5.75 Å². The molecule has 0 spiro atoms. The van der Waals surface area contributed by atoms with Gasteiger partial charge in [0, 0.05) is 10.2 Å². The van der Waals surface area contributed by atoms with Crippen molar-refractivity contribution in [1.82, 2.24) is 0 Å². The lowest BCUT2D eigenvalue weighted by Gasteiger charge is -2.12. The molecule has 0 aromatic heterocycles. The van der Waals surface area contributed by atoms with Gasteiger partial charge in [-0.3, -0.25) is 4.79 Å². The number of benzene rings is 2. The Bertz CT molecular complexity index is 686. The van der Waals surface area contributed by atoms with Gasteiger partial charge in [0.2, 0.25) is 5.91 Å². The van der Waals surface area contributed by atoms with Crippen LogP contribution in [0.1, 0.15) is 11.1 Å². The summed E-state index contributed by atoms with van der Waals surface area (Å²) < 4.78 is 6.30. The van der Waals surface area contributed by atoms with Gasteiger partial charge in [-0.2, -0.15) is 0 Å². The van der Waals surface area contributed by atoms with Gasteiger partial charge in [-0.15, -0.1) is 0 Å². The first-order valence-electron chi connectivity index (χ1n) is 6.94. The molecule has 0 heterocycles. The van der Waals surface area contributed by atoms with Gasteiger partial charge < -0.3 is 15.4 Å². The number of hydrogen-bond donors (Lipinski definition) is 2. The predicted molar refractivity (Wildman–Crippen MR) is 93.7 cm³/mol. The molecule has 22 heavy (non-hydrogen) atoms. The molecule has 0 saturated heterocycles. The molecule has 0 radical (unpaired) electrons. The zero-order valence-electron chi connectivity index (χ0n) is 12.9. The Balaban J connectivity index is 1.98. The third kappa shape index (κ3) is 4.24. The minimum atomic E-state index is -0.121. The number of nitrogens with one attached hydrogen (secondary N) is 2. The van der Waals surface area contributed by atoms with Crippen molar-refractivity contribution in [2.24, 2.45) is 0 Å². The lowest BCUT2D eigenvalue weighted by Crippen LogP contribution is -2.22. The van der Waals surface area contributed by atoms with Crippen molar-refractivity contribution >= 4 is 33.2 Å². The Hall–Kier alpha value is -2.01. The van der Waals surface area contributed by atoms with E-state index in [1.807, 2.05) is 50.2 Å². The fourth-order valence-electron chi connectivity index (χ4n) is 2.05. The summed E-state index contributed by atoms with van der Waals surface area (Å²) in [6, 6.07) is 11.6. The summed E-state index contributed by atoms with van der Waals surface area (Å²) in [6.45, 7) is 4.17. The van der Waals surface area contributed by atoms with E-state index in [-0.39, 0.29) is 12.5 Å². The van der Waals surface area contributed by atoms with Crippen molar-refractivity contribution in [2.45, 2.75) is 13.8 Å². The molecule has 5 heteroatoms. The largest absolute Gasteiger partial charge is 0.495 e. The molecule has 1 amide bonds. The molecular weight excluding hydrogens is 344 g/mol. The van der Waals surface area contributed by atoms with Crippen molar-refractivity contribution in [3.05, 3.63) is 52.0 Å². The molecule has 0 bridgehead atoms. The van der Waals surface area contributed by atoms with E-state index in [1.54, 1.807) is 7.11 Å². The topological polar surface area (TPSA) is 50.4 Å². The number of rotatable bonds is 5. The summed E-state index contributed by atoms with van der Waals surface area (Å²) in [5.74, 6) is 0.530. The smallest absolute Gasteiger partial charge is 0.243 e. The molecule has 2 aromatic rings. The van der Waals surface area contributed by atoms with E-state index in [0.717, 1.165) is 21.3 Å². The highest BCUT2D eigenvalue weighted by Gasteiger charge is 2.08. The standard InChI is InChI=1S/C17H19BrN2O2/c1-11-4-7-16(22-3)15(8-11)20-17(21)10-19-13-5-6-14(18)12(2)9-13/h4-9,19H,10H2,1-3H3,(H,20,21). The number of carbonyl (C=O) groups is 1. The number of amides is 1. The summed E-state index contributed by atoms with van der Waals surface area (Å²) in [4.78, 5) is 12.1. The Morgan fingerprint density at radius 3 is 2.64 bits per heavy atom. The zero-order valence-corrected chi connectivity index (χ0v) is 14.5. The van der Waals surface area contributed by atoms with Crippen LogP contribution < -0.4 is 15.4 Å². The van der Waals surface area contributed by atoms with Gasteiger partial charge in [-0.25, -0.2) is 0 Å². The highest BCUT2D eigenvalue weighted by molar-refractivity contribution is 9.10. The van der Waals surface area contributed by atoms with Gasteiger partial charge in [-0.1, -0.05) is 22.0 Å². The molecule has 0 unspecified atom stereocenters. The lowest BCUT2D eigenvalue weighted by molar-refractivity contribution is -0.114. The average molecular weight is 363 g/mol. The van der Waals surface area contributed by atoms with E-state index in [2.05, 4.69) is 26.6 Å². The van der Waals surface area contributed by atoms with Gasteiger partial charge in [0.25, 0.3) is 0 Å². The molecule has 0 saturated carbocycles. The van der Waals surface area contributed by atoms with Crippen LogP contribution in [-0.2, 0) is 4.79 Å². The summed E-state index contributed by atoms with van der Waals surface area (Å²) >= 11 is 3.46. The molecule has 2 rings (SSSR count). The molecule has 0 atom stereocenters. The van der Waals surface area contributed by atoms with Gasteiger partial charge in [0.15, 0.2) is 0 Å². The second kappa shape index (κ2) is 7.31. The maximum atomic E-state index is 12.1. The van der Waals surface area contributed by atoms with Crippen LogP contribution in [0.3, 0.4) is 0 Å². The number of methoxy groups -OCH3 is 1. The lowest BCUT2D eigenvalue weighted by atomic mass is 10.2. The number of hydrogen-bond acceptors (Lipinski definition) is 3. The monoisotopic (exact) mass is 362 g/mol. The fraction of sp³-hybridized carbons (Fsp3) is 0.235. The van der Waals surface area contributed by atoms with Gasteiger partial charge in [0.1, 0.15) is 5.75 Å². The van der Waals surface area contributed by atoms with Crippen LogP contribution in [0.2, 0.25) is 0 Å². The molecule has 0 aliphatic rings. The number of ether oxygens (including phenoxy) is 1. The van der Waals surface area contributed by atoms with Crippen molar-refractivity contribution < 1.29 is 9.53 Å². The Labute approximate surface area is 139 Å². The van der Waals surface area contributed by atoms with E-state index in [4.69, 9.17) is 4.74 Å². The van der Waals surface area contributed by atoms with E-state index in [1.165, 1.54) is 0 Å². The molecule has 2 aromatic carbocycles. The number of halogens is 1. The van der Waals surface area contributed by atoms with E-state index in [9.17, 15) is 4.79 Å². The molecule has 0 aliphatic heterocycles. The molecule has 2 N–H and O–H groups in total. The summed E-state index contributed by atoms with van der Waals surface area (Å²) in [5, 5.41) is 5.97. The summed E-state index contributed by atoms with van der Waals surface area (Å²) in [5.41, 5.74) is 3.77. The van der Waals surface area contributed by atoms with Gasteiger partial charge in [0.05, 0.1) is 19.3 Å². The predicted octanol–water partition coefficient (Wildman–Crippen LogP) is 4.13. The third-order valence-corrected chi connectivity index (χ3v) is 4.13.